The average molecular weight is 484 g/mol. The molecule has 0 saturated heterocycles. The van der Waals surface area contributed by atoms with Crippen LogP contribution in [0.5, 0.6) is 0 Å². The van der Waals surface area contributed by atoms with Gasteiger partial charge in [-0.2, -0.15) is 0 Å². The number of hydrogen-bond donors (Lipinski definition) is 1. The first-order chi connectivity index (χ1) is 17.3. The van der Waals surface area contributed by atoms with Crippen molar-refractivity contribution in [3.63, 3.8) is 0 Å². The lowest BCUT2D eigenvalue weighted by Gasteiger charge is -2.22. The molecule has 2 heteroatoms. The van der Waals surface area contributed by atoms with Gasteiger partial charge in [-0.3, -0.25) is 0 Å². The van der Waals surface area contributed by atoms with E-state index in [-0.39, 0.29) is 10.8 Å². The molecular formula is C34H29NS. The monoisotopic (exact) mass is 483 g/mol. The topological polar surface area (TPSA) is 26.0 Å². The Morgan fingerprint density at radius 2 is 1.00 bits per heavy atom. The van der Waals surface area contributed by atoms with Crippen molar-refractivity contribution in [1.82, 2.24) is 0 Å². The molecule has 0 saturated carbocycles. The maximum atomic E-state index is 6.66. The largest absolute Gasteiger partial charge is 0.390 e. The molecule has 0 fully saturated rings. The summed E-state index contributed by atoms with van der Waals surface area (Å²) in [6.07, 6.45) is 0. The molecular weight excluding hydrogens is 454 g/mol. The van der Waals surface area contributed by atoms with Crippen LogP contribution in [0.2, 0.25) is 0 Å². The van der Waals surface area contributed by atoms with E-state index in [0.29, 0.717) is 0 Å². The minimum Gasteiger partial charge on any atom is -0.390 e. The van der Waals surface area contributed by atoms with Crippen molar-refractivity contribution in [3.8, 4) is 44.5 Å². The predicted octanol–water partition coefficient (Wildman–Crippen LogP) is 9.28. The molecule has 0 radical (unpaired) electrons. The molecule has 176 valence electrons. The van der Waals surface area contributed by atoms with Crippen LogP contribution in [0.25, 0.3) is 44.5 Å². The first kappa shape index (κ1) is 21.6. The van der Waals surface area contributed by atoms with E-state index in [9.17, 15) is 0 Å². The molecule has 36 heavy (non-hydrogen) atoms. The van der Waals surface area contributed by atoms with Crippen LogP contribution in [0, 0.1) is 0 Å². The summed E-state index contributed by atoms with van der Waals surface area (Å²) in [5.74, 6) is 0. The molecule has 0 bridgehead atoms. The van der Waals surface area contributed by atoms with Gasteiger partial charge in [-0.15, -0.1) is 11.3 Å². The maximum Gasteiger partial charge on any atom is 0.0942 e. The van der Waals surface area contributed by atoms with Crippen LogP contribution < -0.4 is 5.73 Å². The van der Waals surface area contributed by atoms with Crippen molar-refractivity contribution >= 4 is 16.3 Å². The van der Waals surface area contributed by atoms with Crippen molar-refractivity contribution in [2.45, 2.75) is 38.5 Å². The Bertz CT molecular complexity index is 1700. The maximum absolute atomic E-state index is 6.66. The van der Waals surface area contributed by atoms with Gasteiger partial charge in [-0.05, 0) is 67.8 Å². The molecule has 5 aromatic rings. The summed E-state index contributed by atoms with van der Waals surface area (Å²) < 4.78 is 0. The number of nitrogen functional groups attached to an aromatic ring is 1. The molecule has 0 amide bonds. The number of hydrogen-bond acceptors (Lipinski definition) is 2. The number of nitrogens with two attached hydrogens (primary N) is 1. The second kappa shape index (κ2) is 7.21. The van der Waals surface area contributed by atoms with Crippen LogP contribution in [0.3, 0.4) is 0 Å². The summed E-state index contributed by atoms with van der Waals surface area (Å²) >= 11 is 1.64. The Kier molecular flexibility index (Phi) is 4.34. The third kappa shape index (κ3) is 2.77. The number of anilines is 1. The van der Waals surface area contributed by atoms with E-state index in [0.717, 1.165) is 10.6 Å². The van der Waals surface area contributed by atoms with Gasteiger partial charge in [-0.25, -0.2) is 0 Å². The van der Waals surface area contributed by atoms with Crippen molar-refractivity contribution in [3.05, 3.63) is 113 Å². The standard InChI is InChI=1S/C34H29NS/c1-33(2)27-11-7-5-9-22(27)24-15-13-20(17-29(24)33)26-19-36-32(35)31(26)21-14-16-25-23-10-6-8-12-28(23)34(3,4)30(25)18-21/h5-19H,35H2,1-4H3. The zero-order valence-corrected chi connectivity index (χ0v) is 22.0. The fraction of sp³-hybridized carbons (Fsp3) is 0.176. The quantitative estimate of drug-likeness (QED) is 0.266. The van der Waals surface area contributed by atoms with Crippen LogP contribution in [-0.2, 0) is 10.8 Å². The predicted molar refractivity (Wildman–Crippen MR) is 155 cm³/mol. The molecule has 0 aliphatic heterocycles. The van der Waals surface area contributed by atoms with Gasteiger partial charge >= 0.3 is 0 Å². The fourth-order valence-electron chi connectivity index (χ4n) is 6.61. The summed E-state index contributed by atoms with van der Waals surface area (Å²) in [7, 11) is 0. The Morgan fingerprint density at radius 1 is 0.528 bits per heavy atom. The van der Waals surface area contributed by atoms with Crippen molar-refractivity contribution in [1.29, 1.82) is 0 Å². The normalized spacial score (nSPS) is 15.8. The van der Waals surface area contributed by atoms with E-state index in [1.807, 2.05) is 0 Å². The number of fused-ring (bicyclic) bond motifs is 6. The summed E-state index contributed by atoms with van der Waals surface area (Å²) in [5, 5.41) is 3.11. The third-order valence-electron chi connectivity index (χ3n) is 8.59. The van der Waals surface area contributed by atoms with Crippen LogP contribution >= 0.6 is 11.3 Å². The van der Waals surface area contributed by atoms with E-state index in [1.165, 1.54) is 61.2 Å². The Morgan fingerprint density at radius 3 is 1.58 bits per heavy atom. The van der Waals surface area contributed by atoms with E-state index >= 15 is 0 Å². The van der Waals surface area contributed by atoms with Gasteiger partial charge in [0.2, 0.25) is 0 Å². The highest BCUT2D eigenvalue weighted by Gasteiger charge is 2.37. The molecule has 2 N–H and O–H groups in total. The van der Waals surface area contributed by atoms with E-state index < -0.39 is 0 Å². The van der Waals surface area contributed by atoms with E-state index in [2.05, 4.69) is 118 Å². The van der Waals surface area contributed by atoms with Gasteiger partial charge in [0.05, 0.1) is 5.00 Å². The van der Waals surface area contributed by atoms with Crippen molar-refractivity contribution in [2.75, 3.05) is 5.73 Å². The van der Waals surface area contributed by atoms with Gasteiger partial charge in [0.25, 0.3) is 0 Å². The Balaban J connectivity index is 1.38. The second-order valence-electron chi connectivity index (χ2n) is 11.3. The van der Waals surface area contributed by atoms with Gasteiger partial charge in [0.1, 0.15) is 0 Å². The molecule has 2 aliphatic carbocycles. The lowest BCUT2D eigenvalue weighted by molar-refractivity contribution is 0.660. The molecule has 4 aromatic carbocycles. The van der Waals surface area contributed by atoms with Crippen LogP contribution in [0.1, 0.15) is 49.9 Å². The molecule has 0 spiro atoms. The van der Waals surface area contributed by atoms with Crippen molar-refractivity contribution in [2.24, 2.45) is 0 Å². The summed E-state index contributed by atoms with van der Waals surface area (Å²) in [6, 6.07) is 31.5. The minimum absolute atomic E-state index is 0.0208. The first-order valence-electron chi connectivity index (χ1n) is 12.6. The van der Waals surface area contributed by atoms with Crippen LogP contribution in [-0.4, -0.2) is 0 Å². The lowest BCUT2D eigenvalue weighted by atomic mass is 9.80. The van der Waals surface area contributed by atoms with Gasteiger partial charge < -0.3 is 5.73 Å². The van der Waals surface area contributed by atoms with Crippen LogP contribution in [0.4, 0.5) is 5.00 Å². The summed E-state index contributed by atoms with van der Waals surface area (Å²) in [6.45, 7) is 9.34. The van der Waals surface area contributed by atoms with Gasteiger partial charge in [-0.1, -0.05) is 100 Å². The summed E-state index contributed by atoms with van der Waals surface area (Å²) in [5.41, 5.74) is 22.4. The molecule has 1 nitrogen and oxygen atoms in total. The molecule has 0 unspecified atom stereocenters. The Labute approximate surface area is 217 Å². The number of thiophene rings is 1. The first-order valence-corrected chi connectivity index (χ1v) is 13.5. The third-order valence-corrected chi connectivity index (χ3v) is 9.40. The Hall–Kier alpha value is -3.62. The smallest absolute Gasteiger partial charge is 0.0942 e. The lowest BCUT2D eigenvalue weighted by Crippen LogP contribution is -2.15. The molecule has 7 rings (SSSR count). The highest BCUT2D eigenvalue weighted by atomic mass is 32.1. The van der Waals surface area contributed by atoms with Crippen LogP contribution in [0.15, 0.2) is 90.3 Å². The molecule has 1 aromatic heterocycles. The zero-order chi connectivity index (χ0) is 24.8. The van der Waals surface area contributed by atoms with Gasteiger partial charge in [0.15, 0.2) is 0 Å². The van der Waals surface area contributed by atoms with Gasteiger partial charge in [0, 0.05) is 27.3 Å². The average Bonchev–Trinajstić information content (AvgIpc) is 3.46. The van der Waals surface area contributed by atoms with Crippen molar-refractivity contribution < 1.29 is 0 Å². The SMILES string of the molecule is CC1(C)c2ccccc2-c2ccc(-c3csc(N)c3-c3ccc4c(c3)C(C)(C)c3ccccc3-4)cc21. The van der Waals surface area contributed by atoms with E-state index in [4.69, 9.17) is 5.73 Å². The minimum atomic E-state index is -0.0315. The summed E-state index contributed by atoms with van der Waals surface area (Å²) in [4.78, 5) is 0. The zero-order valence-electron chi connectivity index (χ0n) is 21.1. The highest BCUT2D eigenvalue weighted by molar-refractivity contribution is 7.15. The molecule has 0 atom stereocenters. The fourth-order valence-corrected chi connectivity index (χ4v) is 7.46. The molecule has 2 aliphatic rings. The second-order valence-corrected chi connectivity index (χ2v) is 12.2. The number of benzene rings is 4. The number of rotatable bonds is 2. The van der Waals surface area contributed by atoms with E-state index in [1.54, 1.807) is 11.3 Å². The highest BCUT2D eigenvalue weighted by Crippen LogP contribution is 2.53. The molecule has 1 heterocycles.